The Hall–Kier alpha value is -1.06. The van der Waals surface area contributed by atoms with E-state index in [1.807, 2.05) is 0 Å². The molecular weight excluding hydrogens is 236 g/mol. The highest BCUT2D eigenvalue weighted by molar-refractivity contribution is 5.47. The molecule has 0 aliphatic carbocycles. The number of anilines is 1. The van der Waals surface area contributed by atoms with Crippen LogP contribution in [0.4, 0.5) is 5.69 Å². The smallest absolute Gasteiger partial charge is 0.0485 e. The van der Waals surface area contributed by atoms with Gasteiger partial charge in [-0.25, -0.2) is 0 Å². The topological polar surface area (TPSA) is 24.5 Å². The van der Waals surface area contributed by atoms with Crippen LogP contribution in [-0.4, -0.2) is 32.8 Å². The largest absolute Gasteiger partial charge is 0.381 e. The number of ether oxygens (including phenoxy) is 1. The number of nitrogens with one attached hydrogen (secondary N) is 1. The number of hydrogen-bond acceptors (Lipinski definition) is 3. The molecular formula is C16H26N2O. The fourth-order valence-electron chi connectivity index (χ4n) is 2.54. The molecule has 2 rings (SSSR count). The van der Waals surface area contributed by atoms with Crippen LogP contribution in [0.1, 0.15) is 31.7 Å². The summed E-state index contributed by atoms with van der Waals surface area (Å²) >= 11 is 0. The van der Waals surface area contributed by atoms with Gasteiger partial charge in [0.25, 0.3) is 0 Å². The second-order valence-corrected chi connectivity index (χ2v) is 5.30. The van der Waals surface area contributed by atoms with Crippen LogP contribution in [0.25, 0.3) is 0 Å². The maximum Gasteiger partial charge on any atom is 0.0485 e. The zero-order valence-electron chi connectivity index (χ0n) is 12.2. The van der Waals surface area contributed by atoms with Gasteiger partial charge in [-0.05, 0) is 43.5 Å². The summed E-state index contributed by atoms with van der Waals surface area (Å²) in [6.45, 7) is 6.04. The molecule has 106 valence electrons. The molecule has 1 aromatic carbocycles. The summed E-state index contributed by atoms with van der Waals surface area (Å²) in [5.41, 5.74) is 2.67. The Labute approximate surface area is 116 Å². The molecule has 3 nitrogen and oxygen atoms in total. The van der Waals surface area contributed by atoms with Gasteiger partial charge < -0.3 is 15.0 Å². The van der Waals surface area contributed by atoms with E-state index in [0.29, 0.717) is 6.04 Å². The molecule has 1 aliphatic rings. The average molecular weight is 262 g/mol. The summed E-state index contributed by atoms with van der Waals surface area (Å²) in [6.07, 6.45) is 3.46. The van der Waals surface area contributed by atoms with Crippen LogP contribution >= 0.6 is 0 Å². The van der Waals surface area contributed by atoms with Gasteiger partial charge in [-0.15, -0.1) is 0 Å². The first-order chi connectivity index (χ1) is 9.31. The molecule has 1 aliphatic heterocycles. The van der Waals surface area contributed by atoms with Crippen LogP contribution in [0.5, 0.6) is 0 Å². The summed E-state index contributed by atoms with van der Waals surface area (Å²) in [6, 6.07) is 9.55. The monoisotopic (exact) mass is 262 g/mol. The lowest BCUT2D eigenvalue weighted by Crippen LogP contribution is -2.36. The Balaban J connectivity index is 1.89. The third-order valence-electron chi connectivity index (χ3n) is 3.84. The van der Waals surface area contributed by atoms with Crippen LogP contribution in [0.2, 0.25) is 0 Å². The molecule has 0 spiro atoms. The molecule has 0 bridgehead atoms. The van der Waals surface area contributed by atoms with E-state index in [9.17, 15) is 0 Å². The zero-order valence-corrected chi connectivity index (χ0v) is 12.2. The van der Waals surface area contributed by atoms with Crippen molar-refractivity contribution >= 4 is 5.69 Å². The summed E-state index contributed by atoms with van der Waals surface area (Å²) in [7, 11) is 2.19. The molecule has 1 N–H and O–H groups in total. The Bertz CT molecular complexity index is 358. The van der Waals surface area contributed by atoms with Crippen molar-refractivity contribution in [1.29, 1.82) is 0 Å². The van der Waals surface area contributed by atoms with Crippen molar-refractivity contribution in [3.63, 3.8) is 0 Å². The summed E-state index contributed by atoms with van der Waals surface area (Å²) < 4.78 is 5.42. The van der Waals surface area contributed by atoms with E-state index in [1.165, 1.54) is 17.7 Å². The van der Waals surface area contributed by atoms with E-state index in [-0.39, 0.29) is 0 Å². The van der Waals surface area contributed by atoms with Gasteiger partial charge >= 0.3 is 0 Å². The average Bonchev–Trinajstić information content (AvgIpc) is 2.48. The van der Waals surface area contributed by atoms with Gasteiger partial charge in [-0.1, -0.05) is 19.1 Å². The predicted octanol–water partition coefficient (Wildman–Crippen LogP) is 2.80. The maximum atomic E-state index is 5.42. The lowest BCUT2D eigenvalue weighted by Gasteiger charge is -2.33. The first-order valence-corrected chi connectivity index (χ1v) is 7.41. The Morgan fingerprint density at radius 1 is 1.21 bits per heavy atom. The third-order valence-corrected chi connectivity index (χ3v) is 3.84. The van der Waals surface area contributed by atoms with Crippen LogP contribution in [0, 0.1) is 0 Å². The fraction of sp³-hybridized carbons (Fsp3) is 0.625. The van der Waals surface area contributed by atoms with Crippen molar-refractivity contribution in [2.24, 2.45) is 0 Å². The molecule has 0 saturated carbocycles. The molecule has 3 heteroatoms. The standard InChI is InChI=1S/C16H26N2O/c1-3-10-17-13-14-4-6-15(7-5-14)18(2)16-8-11-19-12-9-16/h4-7,16-17H,3,8-13H2,1-2H3. The lowest BCUT2D eigenvalue weighted by atomic mass is 10.1. The molecule has 0 aromatic heterocycles. The van der Waals surface area contributed by atoms with Crippen molar-refractivity contribution in [3.05, 3.63) is 29.8 Å². The van der Waals surface area contributed by atoms with Crippen molar-refractivity contribution in [1.82, 2.24) is 5.32 Å². The van der Waals surface area contributed by atoms with Crippen molar-refractivity contribution in [2.75, 3.05) is 31.7 Å². The first kappa shape index (κ1) is 14.4. The molecule has 0 atom stereocenters. The van der Waals surface area contributed by atoms with E-state index in [4.69, 9.17) is 4.74 Å². The van der Waals surface area contributed by atoms with Gasteiger partial charge in [0.1, 0.15) is 0 Å². The van der Waals surface area contributed by atoms with Crippen molar-refractivity contribution < 1.29 is 4.74 Å². The van der Waals surface area contributed by atoms with Gasteiger partial charge in [0.2, 0.25) is 0 Å². The van der Waals surface area contributed by atoms with E-state index in [1.54, 1.807) is 0 Å². The van der Waals surface area contributed by atoms with Crippen molar-refractivity contribution in [3.8, 4) is 0 Å². The van der Waals surface area contributed by atoms with Crippen LogP contribution in [-0.2, 0) is 11.3 Å². The van der Waals surface area contributed by atoms with E-state index in [0.717, 1.165) is 39.1 Å². The molecule has 0 amide bonds. The molecule has 1 heterocycles. The quantitative estimate of drug-likeness (QED) is 0.798. The van der Waals surface area contributed by atoms with Crippen LogP contribution in [0.15, 0.2) is 24.3 Å². The molecule has 19 heavy (non-hydrogen) atoms. The maximum absolute atomic E-state index is 5.42. The van der Waals surface area contributed by atoms with E-state index >= 15 is 0 Å². The van der Waals surface area contributed by atoms with Gasteiger partial charge in [0, 0.05) is 38.5 Å². The summed E-state index contributed by atoms with van der Waals surface area (Å²) in [5, 5.41) is 3.43. The van der Waals surface area contributed by atoms with Crippen LogP contribution in [0.3, 0.4) is 0 Å². The molecule has 1 saturated heterocycles. The molecule has 1 aromatic rings. The van der Waals surface area contributed by atoms with Gasteiger partial charge in [-0.2, -0.15) is 0 Å². The Morgan fingerprint density at radius 2 is 1.89 bits per heavy atom. The Kier molecular flexibility index (Phi) is 5.67. The normalized spacial score (nSPS) is 16.5. The highest BCUT2D eigenvalue weighted by Crippen LogP contribution is 2.21. The zero-order chi connectivity index (χ0) is 13.5. The lowest BCUT2D eigenvalue weighted by molar-refractivity contribution is 0.0855. The van der Waals surface area contributed by atoms with Gasteiger partial charge in [0.15, 0.2) is 0 Å². The minimum Gasteiger partial charge on any atom is -0.381 e. The molecule has 1 fully saturated rings. The fourth-order valence-corrected chi connectivity index (χ4v) is 2.54. The SMILES string of the molecule is CCCNCc1ccc(N(C)C2CCOCC2)cc1. The molecule has 0 unspecified atom stereocenters. The molecule has 0 radical (unpaired) electrons. The van der Waals surface area contributed by atoms with Crippen molar-refractivity contribution in [2.45, 2.75) is 38.8 Å². The highest BCUT2D eigenvalue weighted by atomic mass is 16.5. The Morgan fingerprint density at radius 3 is 2.53 bits per heavy atom. The van der Waals surface area contributed by atoms with E-state index in [2.05, 4.69) is 48.5 Å². The minimum absolute atomic E-state index is 0.623. The number of nitrogens with zero attached hydrogens (tertiary/aromatic N) is 1. The summed E-state index contributed by atoms with van der Waals surface area (Å²) in [5.74, 6) is 0. The first-order valence-electron chi connectivity index (χ1n) is 7.41. The van der Waals surface area contributed by atoms with Crippen LogP contribution < -0.4 is 10.2 Å². The predicted molar refractivity (Wildman–Crippen MR) is 80.7 cm³/mol. The van der Waals surface area contributed by atoms with Gasteiger partial charge in [0.05, 0.1) is 0 Å². The van der Waals surface area contributed by atoms with E-state index < -0.39 is 0 Å². The number of rotatable bonds is 6. The summed E-state index contributed by atoms with van der Waals surface area (Å²) in [4.78, 5) is 2.39. The second kappa shape index (κ2) is 7.51. The second-order valence-electron chi connectivity index (χ2n) is 5.30. The van der Waals surface area contributed by atoms with Gasteiger partial charge in [-0.3, -0.25) is 0 Å². The number of benzene rings is 1. The third kappa shape index (κ3) is 4.22. The highest BCUT2D eigenvalue weighted by Gasteiger charge is 2.18. The number of hydrogen-bond donors (Lipinski definition) is 1. The minimum atomic E-state index is 0.623.